The van der Waals surface area contributed by atoms with Crippen LogP contribution >= 0.6 is 11.3 Å². The second kappa shape index (κ2) is 11.7. The Morgan fingerprint density at radius 1 is 1.00 bits per heavy atom. The first-order valence-corrected chi connectivity index (χ1v) is 12.9. The summed E-state index contributed by atoms with van der Waals surface area (Å²) in [5.41, 5.74) is 1.84. The van der Waals surface area contributed by atoms with Crippen molar-refractivity contribution in [3.05, 3.63) is 71.1 Å². The second-order valence-corrected chi connectivity index (χ2v) is 9.70. The van der Waals surface area contributed by atoms with Crippen molar-refractivity contribution >= 4 is 45.0 Å². The Morgan fingerprint density at radius 2 is 1.68 bits per heavy atom. The first-order chi connectivity index (χ1) is 16.4. The molecular weight excluding hydrogens is 474 g/mol. The second-order valence-electron chi connectivity index (χ2n) is 7.11. The molecule has 0 saturated carbocycles. The van der Waals surface area contributed by atoms with Gasteiger partial charge in [-0.25, -0.2) is 9.59 Å². The van der Waals surface area contributed by atoms with Crippen molar-refractivity contribution in [2.45, 2.75) is 31.8 Å². The van der Waals surface area contributed by atoms with Crippen molar-refractivity contribution in [3.63, 3.8) is 0 Å². The zero-order valence-electron chi connectivity index (χ0n) is 19.0. The van der Waals surface area contributed by atoms with Gasteiger partial charge in [0.2, 0.25) is 0 Å². The van der Waals surface area contributed by atoms with E-state index in [4.69, 9.17) is 9.47 Å². The summed E-state index contributed by atoms with van der Waals surface area (Å²) >= 11 is 1.18. The zero-order chi connectivity index (χ0) is 24.7. The molecule has 0 radical (unpaired) electrons. The summed E-state index contributed by atoms with van der Waals surface area (Å²) in [7, 11) is -1.36. The number of carbonyl (C=O) groups is 3. The van der Waals surface area contributed by atoms with E-state index in [9.17, 15) is 18.6 Å². The number of nitrogens with one attached hydrogen (secondary N) is 1. The minimum atomic E-state index is -1.36. The zero-order valence-corrected chi connectivity index (χ0v) is 20.7. The van der Waals surface area contributed by atoms with Crippen LogP contribution in [-0.2, 0) is 25.1 Å². The van der Waals surface area contributed by atoms with Crippen LogP contribution < -0.4 is 5.32 Å². The van der Waals surface area contributed by atoms with Crippen molar-refractivity contribution in [1.29, 1.82) is 0 Å². The van der Waals surface area contributed by atoms with Crippen molar-refractivity contribution in [1.82, 2.24) is 0 Å². The molecule has 1 amide bonds. The van der Waals surface area contributed by atoms with Gasteiger partial charge in [0.25, 0.3) is 5.91 Å². The molecule has 0 aliphatic rings. The summed E-state index contributed by atoms with van der Waals surface area (Å²) in [4.78, 5) is 38.6. The predicted octanol–water partition coefficient (Wildman–Crippen LogP) is 4.90. The first kappa shape index (κ1) is 25.3. The van der Waals surface area contributed by atoms with Crippen LogP contribution in [0.2, 0.25) is 0 Å². The minimum Gasteiger partial charge on any atom is -0.462 e. The van der Waals surface area contributed by atoms with Crippen molar-refractivity contribution < 1.29 is 28.1 Å². The van der Waals surface area contributed by atoms with Crippen LogP contribution in [0.15, 0.2) is 64.9 Å². The smallest absolute Gasteiger partial charge is 0.341 e. The molecule has 7 nitrogen and oxygen atoms in total. The highest BCUT2D eigenvalue weighted by Gasteiger charge is 2.26. The fraction of sp³-hybridized carbons (Fsp3) is 0.240. The normalized spacial score (nSPS) is 12.4. The molecule has 1 N–H and O–H groups in total. The van der Waals surface area contributed by atoms with E-state index in [0.29, 0.717) is 21.2 Å². The third-order valence-corrected chi connectivity index (χ3v) is 7.13. The Hall–Kier alpha value is -3.30. The summed E-state index contributed by atoms with van der Waals surface area (Å²) in [6.07, 6.45) is -1.16. The maximum Gasteiger partial charge on any atom is 0.341 e. The number of carbonyl (C=O) groups excluding carboxylic acids is 3. The Bertz CT molecular complexity index is 1210. The SMILES string of the molecule is CCOC(=O)c1c(-c2ccccc2)csc1NC(=O)[C@H](C)OC(=O)c1ccccc1[S@](=O)CC. The Kier molecular flexibility index (Phi) is 8.72. The van der Waals surface area contributed by atoms with Gasteiger partial charge >= 0.3 is 11.9 Å². The van der Waals surface area contributed by atoms with E-state index in [2.05, 4.69) is 5.32 Å². The fourth-order valence-corrected chi connectivity index (χ4v) is 5.06. The van der Waals surface area contributed by atoms with Gasteiger partial charge in [0.05, 0.1) is 27.9 Å². The monoisotopic (exact) mass is 499 g/mol. The van der Waals surface area contributed by atoms with Gasteiger partial charge in [-0.15, -0.1) is 11.3 Å². The van der Waals surface area contributed by atoms with Gasteiger partial charge in [-0.05, 0) is 31.5 Å². The van der Waals surface area contributed by atoms with Crippen LogP contribution in [0, 0.1) is 0 Å². The number of rotatable bonds is 9. The largest absolute Gasteiger partial charge is 0.462 e. The number of benzene rings is 2. The molecule has 34 heavy (non-hydrogen) atoms. The lowest BCUT2D eigenvalue weighted by atomic mass is 10.0. The maximum atomic E-state index is 12.8. The molecule has 9 heteroatoms. The summed E-state index contributed by atoms with van der Waals surface area (Å²) < 4.78 is 22.8. The number of anilines is 1. The molecule has 0 fully saturated rings. The van der Waals surface area contributed by atoms with E-state index < -0.39 is 34.7 Å². The topological polar surface area (TPSA) is 98.8 Å². The van der Waals surface area contributed by atoms with Crippen molar-refractivity contribution in [2.75, 3.05) is 17.7 Å². The van der Waals surface area contributed by atoms with Gasteiger partial charge in [0, 0.05) is 16.7 Å². The molecule has 0 bridgehead atoms. The van der Waals surface area contributed by atoms with Gasteiger partial charge in [-0.3, -0.25) is 9.00 Å². The van der Waals surface area contributed by atoms with E-state index in [0.717, 1.165) is 5.56 Å². The molecule has 0 spiro atoms. The molecule has 2 atom stereocenters. The quantitative estimate of drug-likeness (QED) is 0.420. The highest BCUT2D eigenvalue weighted by Crippen LogP contribution is 2.36. The van der Waals surface area contributed by atoms with E-state index in [1.165, 1.54) is 24.3 Å². The van der Waals surface area contributed by atoms with Crippen LogP contribution in [-0.4, -0.2) is 40.5 Å². The third kappa shape index (κ3) is 5.78. The molecule has 3 aromatic rings. The summed E-state index contributed by atoms with van der Waals surface area (Å²) in [5, 5.41) is 4.76. The highest BCUT2D eigenvalue weighted by atomic mass is 32.2. The molecule has 178 valence electrons. The van der Waals surface area contributed by atoms with Gasteiger partial charge in [-0.2, -0.15) is 0 Å². The molecule has 1 heterocycles. The summed E-state index contributed by atoms with van der Waals surface area (Å²) in [5.74, 6) is -1.56. The molecule has 0 unspecified atom stereocenters. The van der Waals surface area contributed by atoms with Crippen molar-refractivity contribution in [2.24, 2.45) is 0 Å². The van der Waals surface area contributed by atoms with Gasteiger partial charge < -0.3 is 14.8 Å². The van der Waals surface area contributed by atoms with Gasteiger partial charge in [0.1, 0.15) is 10.6 Å². The highest BCUT2D eigenvalue weighted by molar-refractivity contribution is 7.85. The molecular formula is C25H25NO6S2. The number of hydrogen-bond donors (Lipinski definition) is 1. The maximum absolute atomic E-state index is 12.8. The fourth-order valence-electron chi connectivity index (χ4n) is 3.17. The third-order valence-electron chi connectivity index (χ3n) is 4.86. The average molecular weight is 500 g/mol. The summed E-state index contributed by atoms with van der Waals surface area (Å²) in [6.45, 7) is 5.07. The molecule has 1 aromatic heterocycles. The Morgan fingerprint density at radius 3 is 2.35 bits per heavy atom. The average Bonchev–Trinajstić information content (AvgIpc) is 3.27. The van der Waals surface area contributed by atoms with Crippen LogP contribution in [0.1, 0.15) is 41.5 Å². The lowest BCUT2D eigenvalue weighted by Gasteiger charge is -2.15. The van der Waals surface area contributed by atoms with Crippen LogP contribution in [0.4, 0.5) is 5.00 Å². The molecule has 0 aliphatic carbocycles. The van der Waals surface area contributed by atoms with E-state index in [-0.39, 0.29) is 17.7 Å². The van der Waals surface area contributed by atoms with E-state index >= 15 is 0 Å². The van der Waals surface area contributed by atoms with E-state index in [1.54, 1.807) is 37.4 Å². The lowest BCUT2D eigenvalue weighted by molar-refractivity contribution is -0.123. The molecule has 3 rings (SSSR count). The summed E-state index contributed by atoms with van der Waals surface area (Å²) in [6, 6.07) is 15.7. The van der Waals surface area contributed by atoms with Crippen LogP contribution in [0.25, 0.3) is 11.1 Å². The minimum absolute atomic E-state index is 0.150. The number of esters is 2. The number of thiophene rings is 1. The molecule has 0 aliphatic heterocycles. The number of amides is 1. The lowest BCUT2D eigenvalue weighted by Crippen LogP contribution is -2.30. The Balaban J connectivity index is 1.80. The van der Waals surface area contributed by atoms with Crippen LogP contribution in [0.3, 0.4) is 0 Å². The van der Waals surface area contributed by atoms with E-state index in [1.807, 2.05) is 30.3 Å². The number of hydrogen-bond acceptors (Lipinski definition) is 7. The van der Waals surface area contributed by atoms with Gasteiger partial charge in [0.15, 0.2) is 6.10 Å². The number of ether oxygens (including phenoxy) is 2. The molecule has 0 saturated heterocycles. The predicted molar refractivity (Wildman–Crippen MR) is 133 cm³/mol. The van der Waals surface area contributed by atoms with Crippen LogP contribution in [0.5, 0.6) is 0 Å². The Labute approximate surface area is 204 Å². The van der Waals surface area contributed by atoms with Gasteiger partial charge in [-0.1, -0.05) is 49.4 Å². The first-order valence-electron chi connectivity index (χ1n) is 10.7. The standard InChI is InChI=1S/C25H25NO6S2/c1-4-31-25(29)21-19(17-11-7-6-8-12-17)15-33-23(21)26-22(27)16(3)32-24(28)18-13-9-10-14-20(18)34(30)5-2/h6-16H,4-5H2,1-3H3,(H,26,27)/t16-,34+/m0/s1. The van der Waals surface area contributed by atoms with Crippen molar-refractivity contribution in [3.8, 4) is 11.1 Å². The molecule has 2 aromatic carbocycles.